The third kappa shape index (κ3) is 9.33. The molecule has 0 radical (unpaired) electrons. The Bertz CT molecular complexity index is 1820. The SMILES string of the molecule is O=CCCCCCCCCCc1cccc2c1CN(C1CCC(Oc3ccccc3)NC1Oc1ccccc1)C2(Oc1ccccc1)Oc1ccccc1. The summed E-state index contributed by atoms with van der Waals surface area (Å²) in [7, 11) is 0. The van der Waals surface area contributed by atoms with Crippen LogP contribution in [-0.2, 0) is 23.7 Å². The molecule has 0 saturated carbocycles. The predicted octanol–water partition coefficient (Wildman–Crippen LogP) is 10.2. The Labute approximate surface area is 320 Å². The molecule has 0 aromatic heterocycles. The van der Waals surface area contributed by atoms with E-state index in [1.807, 2.05) is 121 Å². The van der Waals surface area contributed by atoms with Crippen LogP contribution in [0.2, 0.25) is 0 Å². The highest BCUT2D eigenvalue weighted by molar-refractivity contribution is 5.49. The van der Waals surface area contributed by atoms with E-state index in [-0.39, 0.29) is 12.3 Å². The molecule has 7 nitrogen and oxygen atoms in total. The Morgan fingerprint density at radius 3 is 1.72 bits per heavy atom. The summed E-state index contributed by atoms with van der Waals surface area (Å²) in [5.74, 6) is 1.75. The Hall–Kier alpha value is -5.11. The number of aldehydes is 1. The van der Waals surface area contributed by atoms with Crippen LogP contribution in [0.4, 0.5) is 0 Å². The topological polar surface area (TPSA) is 69.3 Å². The Kier molecular flexibility index (Phi) is 12.9. The standard InChI is InChI=1S/C47H52N2O5/c50-35-20-6-4-2-1-3-5-11-22-37-23-21-32-43-42(37)36-49(47(43,53-40-28-16-9-17-29-40)54-41-30-18-10-19-31-41)44-33-34-45(51-38-24-12-7-13-25-38)48-46(44)52-39-26-14-8-15-27-39/h7-10,12-19,21,23-32,35,44-46,48H,1-6,11,20,22,33-34,36H2. The molecule has 3 unspecified atom stereocenters. The molecule has 0 bridgehead atoms. The van der Waals surface area contributed by atoms with Gasteiger partial charge in [-0.3, -0.25) is 0 Å². The first-order chi connectivity index (χ1) is 26.7. The zero-order valence-electron chi connectivity index (χ0n) is 31.1. The molecule has 0 amide bonds. The molecule has 1 saturated heterocycles. The van der Waals surface area contributed by atoms with E-state index in [2.05, 4.69) is 28.4 Å². The van der Waals surface area contributed by atoms with Crippen LogP contribution in [0.25, 0.3) is 0 Å². The van der Waals surface area contributed by atoms with Crippen molar-refractivity contribution in [3.05, 3.63) is 156 Å². The van der Waals surface area contributed by atoms with E-state index in [0.717, 1.165) is 73.4 Å². The van der Waals surface area contributed by atoms with E-state index in [4.69, 9.17) is 18.9 Å². The molecule has 3 atom stereocenters. The van der Waals surface area contributed by atoms with E-state index in [0.29, 0.717) is 13.0 Å². The van der Waals surface area contributed by atoms with Gasteiger partial charge in [-0.2, -0.15) is 0 Å². The third-order valence-electron chi connectivity index (χ3n) is 10.4. The van der Waals surface area contributed by atoms with Crippen LogP contribution in [-0.4, -0.2) is 29.7 Å². The lowest BCUT2D eigenvalue weighted by atomic mass is 9.97. The second kappa shape index (κ2) is 18.8. The first-order valence-electron chi connectivity index (χ1n) is 19.7. The highest BCUT2D eigenvalue weighted by atomic mass is 16.7. The molecule has 2 heterocycles. The lowest BCUT2D eigenvalue weighted by Crippen LogP contribution is -2.65. The monoisotopic (exact) mass is 724 g/mol. The van der Waals surface area contributed by atoms with Gasteiger partial charge < -0.3 is 23.7 Å². The number of carbonyl (C=O) groups excluding carboxylic acids is 1. The van der Waals surface area contributed by atoms with Gasteiger partial charge in [0.05, 0.1) is 11.6 Å². The minimum absolute atomic E-state index is 0.160. The predicted molar refractivity (Wildman–Crippen MR) is 212 cm³/mol. The summed E-state index contributed by atoms with van der Waals surface area (Å²) in [6.45, 7) is 0.632. The number of fused-ring (bicyclic) bond motifs is 1. The fourth-order valence-corrected chi connectivity index (χ4v) is 7.77. The van der Waals surface area contributed by atoms with Crippen molar-refractivity contribution in [2.75, 3.05) is 0 Å². The first-order valence-corrected chi connectivity index (χ1v) is 19.7. The largest absolute Gasteiger partial charge is 0.475 e. The molecular weight excluding hydrogens is 673 g/mol. The summed E-state index contributed by atoms with van der Waals surface area (Å²) in [5, 5.41) is 3.74. The summed E-state index contributed by atoms with van der Waals surface area (Å²) in [6.07, 6.45) is 11.6. The van der Waals surface area contributed by atoms with Crippen LogP contribution < -0.4 is 24.3 Å². The van der Waals surface area contributed by atoms with Crippen LogP contribution in [0.15, 0.2) is 140 Å². The van der Waals surface area contributed by atoms with Crippen molar-refractivity contribution in [2.45, 2.75) is 102 Å². The normalized spacial score (nSPS) is 19.1. The number of hydrogen-bond acceptors (Lipinski definition) is 7. The number of benzene rings is 5. The third-order valence-corrected chi connectivity index (χ3v) is 10.4. The van der Waals surface area contributed by atoms with Gasteiger partial charge in [0.2, 0.25) is 0 Å². The van der Waals surface area contributed by atoms with Crippen molar-refractivity contribution in [3.63, 3.8) is 0 Å². The van der Waals surface area contributed by atoms with Crippen molar-refractivity contribution in [1.82, 2.24) is 10.2 Å². The van der Waals surface area contributed by atoms with Crippen molar-refractivity contribution in [2.24, 2.45) is 0 Å². The molecule has 7 heteroatoms. The summed E-state index contributed by atoms with van der Waals surface area (Å²) in [6, 6.07) is 46.4. The summed E-state index contributed by atoms with van der Waals surface area (Å²) in [4.78, 5) is 13.0. The first kappa shape index (κ1) is 37.2. The molecule has 1 N–H and O–H groups in total. The minimum atomic E-state index is -1.28. The number of aryl methyl sites for hydroxylation is 1. The van der Waals surface area contributed by atoms with Gasteiger partial charge in [-0.25, -0.2) is 10.2 Å². The number of unbranched alkanes of at least 4 members (excludes halogenated alkanes) is 7. The number of para-hydroxylation sites is 4. The Morgan fingerprint density at radius 2 is 1.13 bits per heavy atom. The molecule has 2 aliphatic rings. The van der Waals surface area contributed by atoms with Crippen LogP contribution in [0.5, 0.6) is 23.0 Å². The fraction of sp³-hybridized carbons (Fsp3) is 0.340. The number of nitrogens with zero attached hydrogens (tertiary/aromatic N) is 1. The average Bonchev–Trinajstić information content (AvgIpc) is 3.52. The van der Waals surface area contributed by atoms with Crippen molar-refractivity contribution < 1.29 is 23.7 Å². The van der Waals surface area contributed by atoms with Gasteiger partial charge in [-0.1, -0.05) is 117 Å². The van der Waals surface area contributed by atoms with E-state index in [1.165, 1.54) is 36.8 Å². The highest BCUT2D eigenvalue weighted by Gasteiger charge is 2.56. The van der Waals surface area contributed by atoms with Gasteiger partial charge >= 0.3 is 5.91 Å². The molecule has 0 aliphatic carbocycles. The van der Waals surface area contributed by atoms with Gasteiger partial charge in [0.15, 0.2) is 12.5 Å². The smallest absolute Gasteiger partial charge is 0.345 e. The van der Waals surface area contributed by atoms with Crippen LogP contribution in [0.3, 0.4) is 0 Å². The quantitative estimate of drug-likeness (QED) is 0.0517. The number of piperidine rings is 1. The second-order valence-electron chi connectivity index (χ2n) is 14.2. The Balaban J connectivity index is 1.22. The minimum Gasteiger partial charge on any atom is -0.475 e. The van der Waals surface area contributed by atoms with Gasteiger partial charge in [0, 0.05) is 13.0 Å². The zero-order valence-corrected chi connectivity index (χ0v) is 31.1. The molecule has 5 aromatic rings. The molecular formula is C47H52N2O5. The summed E-state index contributed by atoms with van der Waals surface area (Å²) >= 11 is 0. The number of hydrogen-bond donors (Lipinski definition) is 1. The maximum absolute atomic E-state index is 10.7. The van der Waals surface area contributed by atoms with Crippen molar-refractivity contribution in [1.29, 1.82) is 0 Å². The van der Waals surface area contributed by atoms with Gasteiger partial charge in [-0.05, 0) is 97.8 Å². The lowest BCUT2D eigenvalue weighted by molar-refractivity contribution is -0.254. The molecule has 2 aliphatic heterocycles. The van der Waals surface area contributed by atoms with E-state index < -0.39 is 12.1 Å². The fourth-order valence-electron chi connectivity index (χ4n) is 7.77. The molecule has 54 heavy (non-hydrogen) atoms. The number of nitrogens with one attached hydrogen (secondary N) is 1. The maximum Gasteiger partial charge on any atom is 0.345 e. The average molecular weight is 725 g/mol. The van der Waals surface area contributed by atoms with Crippen molar-refractivity contribution in [3.8, 4) is 23.0 Å². The number of ether oxygens (including phenoxy) is 4. The van der Waals surface area contributed by atoms with Gasteiger partial charge in [-0.15, -0.1) is 0 Å². The molecule has 5 aromatic carbocycles. The van der Waals surface area contributed by atoms with Crippen molar-refractivity contribution >= 4 is 6.29 Å². The summed E-state index contributed by atoms with van der Waals surface area (Å²) < 4.78 is 27.7. The lowest BCUT2D eigenvalue weighted by Gasteiger charge is -2.47. The van der Waals surface area contributed by atoms with Gasteiger partial charge in [0.1, 0.15) is 29.3 Å². The van der Waals surface area contributed by atoms with Gasteiger partial charge in [0.25, 0.3) is 0 Å². The number of carbonyl (C=O) groups is 1. The van der Waals surface area contributed by atoms with Crippen LogP contribution in [0, 0.1) is 0 Å². The highest BCUT2D eigenvalue weighted by Crippen LogP contribution is 2.47. The van der Waals surface area contributed by atoms with Crippen LogP contribution >= 0.6 is 0 Å². The maximum atomic E-state index is 10.7. The molecule has 1 fully saturated rings. The van der Waals surface area contributed by atoms with E-state index >= 15 is 0 Å². The Morgan fingerprint density at radius 1 is 0.593 bits per heavy atom. The van der Waals surface area contributed by atoms with E-state index in [1.54, 1.807) is 0 Å². The van der Waals surface area contributed by atoms with E-state index in [9.17, 15) is 4.79 Å². The summed E-state index contributed by atoms with van der Waals surface area (Å²) in [5.41, 5.74) is 3.59. The zero-order chi connectivity index (χ0) is 36.8. The molecule has 0 spiro atoms. The van der Waals surface area contributed by atoms with Crippen LogP contribution in [0.1, 0.15) is 80.9 Å². The number of rotatable bonds is 19. The molecule has 280 valence electrons. The molecule has 7 rings (SSSR count). The second-order valence-corrected chi connectivity index (χ2v) is 14.2.